The molecule has 8 rings (SSSR count). The predicted molar refractivity (Wildman–Crippen MR) is 177 cm³/mol. The second-order valence-corrected chi connectivity index (χ2v) is 14.1. The summed E-state index contributed by atoms with van der Waals surface area (Å²) in [5.74, 6) is 0.943. The average Bonchev–Trinajstić information content (AvgIpc) is 3.68. The maximum Gasteiger partial charge on any atom is 0.471 e. The van der Waals surface area contributed by atoms with Crippen molar-refractivity contribution in [3.05, 3.63) is 53.8 Å². The number of carbonyl (C=O) groups excluding carboxylic acids is 1. The molecule has 4 saturated heterocycles. The molecule has 2 bridgehead atoms. The number of benzene rings is 3. The number of aromatic nitrogens is 2. The van der Waals surface area contributed by atoms with Crippen molar-refractivity contribution in [2.24, 2.45) is 5.92 Å². The second-order valence-electron chi connectivity index (χ2n) is 14.1. The fraction of sp³-hybridized carbons (Fsp3) is 0.432. The fourth-order valence-electron chi connectivity index (χ4n) is 8.96. The van der Waals surface area contributed by atoms with E-state index in [1.54, 1.807) is 36.4 Å². The van der Waals surface area contributed by atoms with Crippen molar-refractivity contribution in [2.75, 3.05) is 37.7 Å². The molecule has 3 aromatic carbocycles. The highest BCUT2D eigenvalue weighted by Gasteiger charge is 2.52. The molecule has 1 aromatic heterocycles. The minimum Gasteiger partial charge on any atom is -0.508 e. The van der Waals surface area contributed by atoms with Crippen LogP contribution < -0.4 is 9.64 Å². The van der Waals surface area contributed by atoms with E-state index in [2.05, 4.69) is 22.7 Å². The van der Waals surface area contributed by atoms with Crippen LogP contribution in [0.2, 0.25) is 0 Å². The third-order valence-corrected chi connectivity index (χ3v) is 10.9. The Hall–Kier alpha value is -4.63. The van der Waals surface area contributed by atoms with E-state index in [0.29, 0.717) is 58.5 Å². The summed E-state index contributed by atoms with van der Waals surface area (Å²) >= 11 is 0. The number of piperazine rings is 1. The molecule has 1 amide bonds. The van der Waals surface area contributed by atoms with Crippen LogP contribution >= 0.6 is 0 Å². The summed E-state index contributed by atoms with van der Waals surface area (Å²) in [6.07, 6.45) is 4.69. The Balaban J connectivity index is 1.24. The lowest BCUT2D eigenvalue weighted by Crippen LogP contribution is -2.59. The van der Waals surface area contributed by atoms with Crippen LogP contribution in [0, 0.1) is 24.1 Å². The van der Waals surface area contributed by atoms with Gasteiger partial charge in [-0.3, -0.25) is 9.69 Å². The van der Waals surface area contributed by atoms with E-state index in [0.717, 1.165) is 37.3 Å². The van der Waals surface area contributed by atoms with Gasteiger partial charge in [-0.15, -0.1) is 6.42 Å². The minimum absolute atomic E-state index is 0.0195. The molecule has 2 unspecified atom stereocenters. The van der Waals surface area contributed by atoms with Crippen molar-refractivity contribution in [2.45, 2.75) is 62.8 Å². The van der Waals surface area contributed by atoms with Gasteiger partial charge in [-0.25, -0.2) is 4.39 Å². The largest absolute Gasteiger partial charge is 0.508 e. The Morgan fingerprint density at radius 3 is 2.61 bits per heavy atom. The van der Waals surface area contributed by atoms with Gasteiger partial charge in [0.05, 0.1) is 17.6 Å². The van der Waals surface area contributed by atoms with E-state index in [1.165, 1.54) is 6.07 Å². The summed E-state index contributed by atoms with van der Waals surface area (Å²) in [6.45, 7) is 4.71. The lowest BCUT2D eigenvalue weighted by Gasteiger charge is -2.42. The van der Waals surface area contributed by atoms with Crippen molar-refractivity contribution in [1.29, 1.82) is 0 Å². The van der Waals surface area contributed by atoms with Gasteiger partial charge in [0.2, 0.25) is 0 Å². The number of nitrogens with zero attached hydrogens (tertiary/aromatic N) is 5. The number of alkyl halides is 3. The molecule has 4 atom stereocenters. The number of phenols is 1. The van der Waals surface area contributed by atoms with Crippen molar-refractivity contribution in [1.82, 2.24) is 19.8 Å². The molecule has 0 saturated carbocycles. The molecule has 4 aromatic rings. The number of ether oxygens (including phenoxy) is 1. The first-order valence-corrected chi connectivity index (χ1v) is 16.7. The molecule has 4 aliphatic rings. The van der Waals surface area contributed by atoms with Gasteiger partial charge in [0.15, 0.2) is 5.82 Å². The third-order valence-electron chi connectivity index (χ3n) is 10.9. The first-order chi connectivity index (χ1) is 23.5. The highest BCUT2D eigenvalue weighted by molar-refractivity contribution is 6.04. The van der Waals surface area contributed by atoms with E-state index < -0.39 is 30.0 Å². The van der Waals surface area contributed by atoms with Gasteiger partial charge in [0, 0.05) is 41.5 Å². The normalized spacial score (nSPS) is 25.3. The van der Waals surface area contributed by atoms with Gasteiger partial charge in [0.1, 0.15) is 23.7 Å². The predicted octanol–water partition coefficient (Wildman–Crippen LogP) is 6.27. The molecular formula is C37H35F4N5O3. The number of phenolic OH excluding ortho intramolecular Hbond substituents is 1. The molecule has 4 fully saturated rings. The zero-order valence-electron chi connectivity index (χ0n) is 26.9. The first-order valence-electron chi connectivity index (χ1n) is 16.7. The highest BCUT2D eigenvalue weighted by Crippen LogP contribution is 2.44. The van der Waals surface area contributed by atoms with E-state index in [9.17, 15) is 23.1 Å². The van der Waals surface area contributed by atoms with Crippen molar-refractivity contribution in [3.63, 3.8) is 0 Å². The Labute approximate surface area is 280 Å². The zero-order chi connectivity index (χ0) is 34.2. The standard InChI is InChI=1S/C37H35F4N5O3/c1-3-22-6-4-7-23-14-26(47)15-29(30(22)23)27-10-11-28-32(31(27)38)42-35(49-20-36-12-5-13-45(36)17-21(2)16-36)43-33(28)44-18-24-8-9-25(19-44)46(24)34(48)37(39,40)41/h1,4,6-7,10-11,14-15,21,24-25,47H,5,8-9,12-13,16-20H2,2H3/t21-,24?,25?,36+/m1/s1. The van der Waals surface area contributed by atoms with E-state index >= 15 is 4.39 Å². The number of anilines is 1. The van der Waals surface area contributed by atoms with Crippen LogP contribution in [0.25, 0.3) is 32.8 Å². The van der Waals surface area contributed by atoms with Crippen LogP contribution in [0.3, 0.4) is 0 Å². The molecule has 0 aliphatic carbocycles. The lowest BCUT2D eigenvalue weighted by molar-refractivity contribution is -0.188. The maximum atomic E-state index is 17.0. The van der Waals surface area contributed by atoms with Crippen molar-refractivity contribution in [3.8, 4) is 35.2 Å². The topological polar surface area (TPSA) is 82.0 Å². The van der Waals surface area contributed by atoms with Crippen LogP contribution in [-0.4, -0.2) is 87.4 Å². The molecule has 49 heavy (non-hydrogen) atoms. The molecule has 4 aliphatic heterocycles. The van der Waals surface area contributed by atoms with Crippen LogP contribution in [0.1, 0.15) is 44.6 Å². The SMILES string of the molecule is C#Cc1cccc2cc(O)cc(-c3ccc4c(N5CC6CCC(C5)N6C(=O)C(F)(F)F)nc(OC[C@@]56CCCN5C[C@H](C)C6)nc4c3F)c12. The Bertz CT molecular complexity index is 2030. The van der Waals surface area contributed by atoms with Gasteiger partial charge in [-0.1, -0.05) is 31.0 Å². The smallest absolute Gasteiger partial charge is 0.471 e. The van der Waals surface area contributed by atoms with Gasteiger partial charge < -0.3 is 19.6 Å². The number of fused-ring (bicyclic) bond motifs is 5. The van der Waals surface area contributed by atoms with Crippen LogP contribution in [-0.2, 0) is 4.79 Å². The number of halogens is 4. The first kappa shape index (κ1) is 31.6. The number of rotatable bonds is 5. The van der Waals surface area contributed by atoms with Crippen LogP contribution in [0.4, 0.5) is 23.4 Å². The van der Waals surface area contributed by atoms with Gasteiger partial charge >= 0.3 is 18.1 Å². The molecule has 5 heterocycles. The maximum absolute atomic E-state index is 17.0. The number of hydrogen-bond acceptors (Lipinski definition) is 7. The lowest BCUT2D eigenvalue weighted by atomic mass is 9.92. The fourth-order valence-corrected chi connectivity index (χ4v) is 8.96. The second kappa shape index (κ2) is 11.5. The molecule has 254 valence electrons. The molecule has 0 radical (unpaired) electrons. The monoisotopic (exact) mass is 673 g/mol. The Morgan fingerprint density at radius 1 is 1.10 bits per heavy atom. The zero-order valence-corrected chi connectivity index (χ0v) is 26.9. The molecule has 1 N–H and O–H groups in total. The summed E-state index contributed by atoms with van der Waals surface area (Å²) in [5, 5.41) is 12.2. The van der Waals surface area contributed by atoms with E-state index in [4.69, 9.17) is 16.1 Å². The average molecular weight is 674 g/mol. The Morgan fingerprint density at radius 2 is 1.88 bits per heavy atom. The third kappa shape index (κ3) is 5.21. The Kier molecular flexibility index (Phi) is 7.41. The number of amides is 1. The number of aromatic hydroxyl groups is 1. The summed E-state index contributed by atoms with van der Waals surface area (Å²) < 4.78 is 63.8. The van der Waals surface area contributed by atoms with Crippen molar-refractivity contribution < 1.29 is 32.2 Å². The van der Waals surface area contributed by atoms with Gasteiger partial charge in [-0.05, 0) is 79.8 Å². The molecule has 0 spiro atoms. The highest BCUT2D eigenvalue weighted by atomic mass is 19.4. The number of hydrogen-bond donors (Lipinski definition) is 1. The molecular weight excluding hydrogens is 638 g/mol. The van der Waals surface area contributed by atoms with Gasteiger partial charge in [0.25, 0.3) is 0 Å². The van der Waals surface area contributed by atoms with Crippen molar-refractivity contribution >= 4 is 33.4 Å². The van der Waals surface area contributed by atoms with E-state index in [-0.39, 0.29) is 41.5 Å². The number of terminal acetylenes is 1. The summed E-state index contributed by atoms with van der Waals surface area (Å²) in [6, 6.07) is 10.3. The summed E-state index contributed by atoms with van der Waals surface area (Å²) in [5.41, 5.74) is 0.912. The van der Waals surface area contributed by atoms with E-state index in [1.807, 2.05) is 4.90 Å². The summed E-state index contributed by atoms with van der Waals surface area (Å²) in [7, 11) is 0. The summed E-state index contributed by atoms with van der Waals surface area (Å²) in [4.78, 5) is 27.0. The molecule has 12 heteroatoms. The quantitative estimate of drug-likeness (QED) is 0.198. The number of carbonyl (C=O) groups is 1. The van der Waals surface area contributed by atoms with Crippen LogP contribution in [0.15, 0.2) is 42.5 Å². The minimum atomic E-state index is -4.97. The van der Waals surface area contributed by atoms with Gasteiger partial charge in [-0.2, -0.15) is 23.1 Å². The van der Waals surface area contributed by atoms with Crippen LogP contribution in [0.5, 0.6) is 11.8 Å². The molecule has 8 nitrogen and oxygen atoms in total.